The Morgan fingerprint density at radius 2 is 0.963 bits per heavy atom. The topological polar surface area (TPSA) is 105 Å². The standard InChI is InChI=1S/C18H34N4O5/c1-3-16(23)13-20-7-5-19(4-2)6-8-21(14-17(24)25)11-12-22(10-9-20)15-18(26)27/h3-15H2,1-2H3,(H,24,25)(H,26,27). The molecule has 0 aromatic heterocycles. The summed E-state index contributed by atoms with van der Waals surface area (Å²) >= 11 is 0. The van der Waals surface area contributed by atoms with E-state index < -0.39 is 11.9 Å². The third-order valence-electron chi connectivity index (χ3n) is 4.89. The number of ketones is 1. The van der Waals surface area contributed by atoms with Gasteiger partial charge in [0, 0.05) is 58.8 Å². The van der Waals surface area contributed by atoms with Crippen molar-refractivity contribution in [3.8, 4) is 0 Å². The molecule has 1 aliphatic rings. The van der Waals surface area contributed by atoms with Crippen LogP contribution in [0.1, 0.15) is 20.3 Å². The van der Waals surface area contributed by atoms with Gasteiger partial charge in [0.25, 0.3) is 0 Å². The van der Waals surface area contributed by atoms with Crippen LogP contribution in [-0.2, 0) is 14.4 Å². The SMILES string of the molecule is CCC(=O)CN1CCN(CC)CCN(CC(=O)O)CCN(CC(=O)O)CC1. The van der Waals surface area contributed by atoms with Crippen LogP contribution in [0.4, 0.5) is 0 Å². The van der Waals surface area contributed by atoms with Crippen molar-refractivity contribution in [2.45, 2.75) is 20.3 Å². The summed E-state index contributed by atoms with van der Waals surface area (Å²) in [7, 11) is 0. The van der Waals surface area contributed by atoms with Gasteiger partial charge >= 0.3 is 11.9 Å². The van der Waals surface area contributed by atoms with E-state index in [1.807, 2.05) is 16.7 Å². The van der Waals surface area contributed by atoms with Crippen molar-refractivity contribution in [2.24, 2.45) is 0 Å². The number of nitrogens with zero attached hydrogens (tertiary/aromatic N) is 4. The molecule has 156 valence electrons. The summed E-state index contributed by atoms with van der Waals surface area (Å²) < 4.78 is 0. The number of aliphatic carboxylic acids is 2. The molecule has 2 N–H and O–H groups in total. The molecule has 1 fully saturated rings. The fourth-order valence-corrected chi connectivity index (χ4v) is 3.11. The second kappa shape index (κ2) is 12.8. The summed E-state index contributed by atoms with van der Waals surface area (Å²) in [6.07, 6.45) is 0.497. The second-order valence-corrected chi connectivity index (χ2v) is 6.94. The fraction of sp³-hybridized carbons (Fsp3) is 0.833. The van der Waals surface area contributed by atoms with Crippen LogP contribution >= 0.6 is 0 Å². The highest BCUT2D eigenvalue weighted by Crippen LogP contribution is 2.01. The smallest absolute Gasteiger partial charge is 0.317 e. The zero-order valence-corrected chi connectivity index (χ0v) is 16.6. The first-order valence-electron chi connectivity index (χ1n) is 9.68. The molecule has 9 nitrogen and oxygen atoms in total. The van der Waals surface area contributed by atoms with Crippen molar-refractivity contribution in [3.63, 3.8) is 0 Å². The normalized spacial score (nSPS) is 19.9. The van der Waals surface area contributed by atoms with Crippen molar-refractivity contribution in [3.05, 3.63) is 0 Å². The Kier molecular flexibility index (Phi) is 11.1. The summed E-state index contributed by atoms with van der Waals surface area (Å²) in [6.45, 7) is 10.1. The van der Waals surface area contributed by atoms with E-state index in [0.29, 0.717) is 45.7 Å². The quantitative estimate of drug-likeness (QED) is 0.564. The molecule has 0 amide bonds. The largest absolute Gasteiger partial charge is 0.480 e. The van der Waals surface area contributed by atoms with Crippen LogP contribution in [0.15, 0.2) is 0 Å². The van der Waals surface area contributed by atoms with Gasteiger partial charge in [0.1, 0.15) is 5.78 Å². The van der Waals surface area contributed by atoms with Crippen molar-refractivity contribution < 1.29 is 24.6 Å². The summed E-state index contributed by atoms with van der Waals surface area (Å²) in [5.74, 6) is -1.60. The van der Waals surface area contributed by atoms with E-state index in [4.69, 9.17) is 10.2 Å². The molecule has 0 spiro atoms. The summed E-state index contributed by atoms with van der Waals surface area (Å²) in [4.78, 5) is 42.2. The number of rotatable bonds is 8. The lowest BCUT2D eigenvalue weighted by Crippen LogP contribution is -2.48. The Morgan fingerprint density at radius 3 is 1.26 bits per heavy atom. The minimum absolute atomic E-state index is 0.0460. The molecule has 27 heavy (non-hydrogen) atoms. The van der Waals surface area contributed by atoms with Gasteiger partial charge in [-0.1, -0.05) is 13.8 Å². The van der Waals surface area contributed by atoms with E-state index in [2.05, 4.69) is 16.7 Å². The number of carbonyl (C=O) groups excluding carboxylic acids is 1. The molecular formula is C18H34N4O5. The molecule has 0 bridgehead atoms. The Bertz CT molecular complexity index is 488. The monoisotopic (exact) mass is 386 g/mol. The summed E-state index contributed by atoms with van der Waals surface area (Å²) in [5, 5.41) is 18.3. The molecular weight excluding hydrogens is 352 g/mol. The number of hydrogen-bond donors (Lipinski definition) is 2. The number of carboxylic acids is 2. The molecule has 0 saturated carbocycles. The van der Waals surface area contributed by atoms with Gasteiger partial charge in [0.15, 0.2) is 0 Å². The molecule has 1 saturated heterocycles. The number of carbonyl (C=O) groups is 3. The lowest BCUT2D eigenvalue weighted by Gasteiger charge is -2.33. The van der Waals surface area contributed by atoms with E-state index in [9.17, 15) is 14.4 Å². The summed E-state index contributed by atoms with van der Waals surface area (Å²) in [6, 6.07) is 0. The first-order chi connectivity index (χ1) is 12.8. The first kappa shape index (κ1) is 23.5. The third kappa shape index (κ3) is 10.4. The average molecular weight is 386 g/mol. The van der Waals surface area contributed by atoms with Crippen LogP contribution in [0.3, 0.4) is 0 Å². The van der Waals surface area contributed by atoms with Crippen LogP contribution in [0.2, 0.25) is 0 Å². The predicted molar refractivity (Wildman–Crippen MR) is 102 cm³/mol. The van der Waals surface area contributed by atoms with E-state index in [0.717, 1.165) is 26.2 Å². The van der Waals surface area contributed by atoms with Crippen molar-refractivity contribution in [2.75, 3.05) is 78.5 Å². The number of Topliss-reactive ketones (excluding diaryl/α,β-unsaturated/α-hetero) is 1. The lowest BCUT2D eigenvalue weighted by molar-refractivity contribution is -0.140. The Balaban J connectivity index is 2.83. The Hall–Kier alpha value is -1.55. The van der Waals surface area contributed by atoms with E-state index in [1.54, 1.807) is 0 Å². The average Bonchev–Trinajstić information content (AvgIpc) is 2.60. The maximum Gasteiger partial charge on any atom is 0.317 e. The number of carboxylic acid groups (broad SMARTS) is 2. The molecule has 1 rings (SSSR count). The molecule has 9 heteroatoms. The maximum atomic E-state index is 11.9. The van der Waals surface area contributed by atoms with Gasteiger partial charge in [-0.25, -0.2) is 0 Å². The molecule has 0 radical (unpaired) electrons. The van der Waals surface area contributed by atoms with E-state index >= 15 is 0 Å². The molecule has 0 atom stereocenters. The molecule has 0 aromatic carbocycles. The second-order valence-electron chi connectivity index (χ2n) is 6.94. The van der Waals surface area contributed by atoms with Crippen molar-refractivity contribution in [1.82, 2.24) is 19.6 Å². The molecule has 0 unspecified atom stereocenters. The third-order valence-corrected chi connectivity index (χ3v) is 4.89. The minimum atomic E-state index is -0.903. The van der Waals surface area contributed by atoms with Crippen molar-refractivity contribution >= 4 is 17.7 Å². The minimum Gasteiger partial charge on any atom is -0.480 e. The molecule has 1 heterocycles. The zero-order chi connectivity index (χ0) is 20.2. The van der Waals surface area contributed by atoms with Crippen LogP contribution in [0, 0.1) is 0 Å². The van der Waals surface area contributed by atoms with Gasteiger partial charge in [-0.05, 0) is 6.54 Å². The Labute approximate surface area is 161 Å². The van der Waals surface area contributed by atoms with Crippen LogP contribution in [-0.4, -0.2) is 126 Å². The van der Waals surface area contributed by atoms with Crippen LogP contribution < -0.4 is 0 Å². The van der Waals surface area contributed by atoms with Gasteiger partial charge in [-0.2, -0.15) is 0 Å². The predicted octanol–water partition coefficient (Wildman–Crippen LogP) is -0.624. The van der Waals surface area contributed by atoms with Gasteiger partial charge in [-0.3, -0.25) is 29.1 Å². The highest BCUT2D eigenvalue weighted by Gasteiger charge is 2.19. The first-order valence-corrected chi connectivity index (χ1v) is 9.68. The number of hydrogen-bond acceptors (Lipinski definition) is 7. The number of likely N-dealkylation sites (N-methyl/N-ethyl adjacent to an activating group) is 1. The maximum absolute atomic E-state index is 11.9. The van der Waals surface area contributed by atoms with E-state index in [-0.39, 0.29) is 18.9 Å². The van der Waals surface area contributed by atoms with Crippen LogP contribution in [0.25, 0.3) is 0 Å². The molecule has 0 aromatic rings. The van der Waals surface area contributed by atoms with Crippen molar-refractivity contribution in [1.29, 1.82) is 0 Å². The van der Waals surface area contributed by atoms with Gasteiger partial charge in [0.05, 0.1) is 19.6 Å². The van der Waals surface area contributed by atoms with Gasteiger partial charge in [0.2, 0.25) is 0 Å². The van der Waals surface area contributed by atoms with Gasteiger partial charge < -0.3 is 15.1 Å². The van der Waals surface area contributed by atoms with Crippen LogP contribution in [0.5, 0.6) is 0 Å². The molecule has 0 aliphatic carbocycles. The van der Waals surface area contributed by atoms with Gasteiger partial charge in [-0.15, -0.1) is 0 Å². The fourth-order valence-electron chi connectivity index (χ4n) is 3.11. The summed E-state index contributed by atoms with van der Waals surface area (Å²) in [5.41, 5.74) is 0. The highest BCUT2D eigenvalue weighted by atomic mass is 16.4. The Morgan fingerprint density at radius 1 is 0.630 bits per heavy atom. The zero-order valence-electron chi connectivity index (χ0n) is 16.6. The molecule has 1 aliphatic heterocycles. The van der Waals surface area contributed by atoms with E-state index in [1.165, 1.54) is 0 Å². The lowest BCUT2D eigenvalue weighted by atomic mass is 10.2. The highest BCUT2D eigenvalue weighted by molar-refractivity contribution is 5.80.